The summed E-state index contributed by atoms with van der Waals surface area (Å²) in [5.41, 5.74) is 0.688. The molecule has 5 heteroatoms. The second-order valence-corrected chi connectivity index (χ2v) is 2.96. The Kier molecular flexibility index (Phi) is 3.71. The number of imidazole rings is 1. The minimum Gasteiger partial charge on any atom is -0.463 e. The lowest BCUT2D eigenvalue weighted by molar-refractivity contribution is 0.0583. The summed E-state index contributed by atoms with van der Waals surface area (Å²) >= 11 is 5.47. The highest BCUT2D eigenvalue weighted by Crippen LogP contribution is 2.04. The van der Waals surface area contributed by atoms with Crippen LogP contribution in [0.2, 0.25) is 0 Å². The normalized spacial score (nSPS) is 10.8. The van der Waals surface area contributed by atoms with Gasteiger partial charge < -0.3 is 9.30 Å². The Morgan fingerprint density at radius 3 is 3.07 bits per heavy atom. The third-order valence-electron chi connectivity index (χ3n) is 1.64. The summed E-state index contributed by atoms with van der Waals surface area (Å²) in [5, 5.41) is 0. The number of alkyl halides is 1. The van der Waals surface area contributed by atoms with Gasteiger partial charge in [0.2, 0.25) is 5.82 Å². The van der Waals surface area contributed by atoms with Crippen molar-refractivity contribution >= 4 is 23.6 Å². The minimum absolute atomic E-state index is 0.279. The van der Waals surface area contributed by atoms with Crippen molar-refractivity contribution in [2.45, 2.75) is 0 Å². The van der Waals surface area contributed by atoms with Crippen molar-refractivity contribution in [1.82, 2.24) is 9.55 Å². The van der Waals surface area contributed by atoms with E-state index in [1.165, 1.54) is 7.11 Å². The van der Waals surface area contributed by atoms with Crippen LogP contribution >= 0.6 is 11.6 Å². The van der Waals surface area contributed by atoms with Crippen LogP contribution < -0.4 is 0 Å². The molecule has 0 aliphatic carbocycles. The SMILES string of the molecule is COC(=O)c1nc(C=CCCl)cn1C. The van der Waals surface area contributed by atoms with Crippen molar-refractivity contribution in [3.63, 3.8) is 0 Å². The first kappa shape index (κ1) is 10.8. The van der Waals surface area contributed by atoms with Gasteiger partial charge in [0.15, 0.2) is 0 Å². The Bertz CT molecular complexity index is 358. The highest BCUT2D eigenvalue weighted by Gasteiger charge is 2.12. The molecule has 0 fully saturated rings. The largest absolute Gasteiger partial charge is 0.463 e. The zero-order valence-corrected chi connectivity index (χ0v) is 8.78. The molecule has 0 saturated carbocycles. The molecule has 1 aromatic heterocycles. The molecule has 0 radical (unpaired) electrons. The van der Waals surface area contributed by atoms with Gasteiger partial charge in [-0.15, -0.1) is 11.6 Å². The fourth-order valence-corrected chi connectivity index (χ4v) is 1.11. The summed E-state index contributed by atoms with van der Waals surface area (Å²) in [6, 6.07) is 0. The van der Waals surface area contributed by atoms with Gasteiger partial charge in [0, 0.05) is 19.1 Å². The van der Waals surface area contributed by atoms with Crippen LogP contribution in [-0.2, 0) is 11.8 Å². The number of carbonyl (C=O) groups excluding carboxylic acids is 1. The van der Waals surface area contributed by atoms with E-state index in [4.69, 9.17) is 11.6 Å². The highest BCUT2D eigenvalue weighted by molar-refractivity contribution is 6.19. The number of esters is 1. The molecule has 0 aliphatic rings. The molecule has 1 heterocycles. The van der Waals surface area contributed by atoms with Crippen LogP contribution in [0.3, 0.4) is 0 Å². The van der Waals surface area contributed by atoms with E-state index in [0.717, 1.165) is 0 Å². The first-order chi connectivity index (χ1) is 6.69. The predicted molar refractivity (Wildman–Crippen MR) is 54.3 cm³/mol. The number of allylic oxidation sites excluding steroid dienone is 1. The first-order valence-electron chi connectivity index (χ1n) is 4.03. The Morgan fingerprint density at radius 1 is 1.79 bits per heavy atom. The molecule has 0 amide bonds. The number of ether oxygens (including phenoxy) is 1. The maximum Gasteiger partial charge on any atom is 0.374 e. The summed E-state index contributed by atoms with van der Waals surface area (Å²) in [7, 11) is 3.06. The van der Waals surface area contributed by atoms with Crippen molar-refractivity contribution < 1.29 is 9.53 Å². The number of halogens is 1. The smallest absolute Gasteiger partial charge is 0.374 e. The Labute approximate surface area is 87.1 Å². The summed E-state index contributed by atoms with van der Waals surface area (Å²) in [6.07, 6.45) is 5.24. The topological polar surface area (TPSA) is 44.1 Å². The number of nitrogens with zero attached hydrogens (tertiary/aromatic N) is 2. The molecule has 0 unspecified atom stereocenters. The van der Waals surface area contributed by atoms with Crippen molar-refractivity contribution in [2.75, 3.05) is 13.0 Å². The zero-order valence-electron chi connectivity index (χ0n) is 8.03. The van der Waals surface area contributed by atoms with Crippen molar-refractivity contribution in [3.05, 3.63) is 23.8 Å². The molecule has 0 aromatic carbocycles. The molecule has 0 spiro atoms. The molecular formula is C9H11ClN2O2. The first-order valence-corrected chi connectivity index (χ1v) is 4.56. The van der Waals surface area contributed by atoms with Gasteiger partial charge in [-0.3, -0.25) is 0 Å². The molecule has 4 nitrogen and oxygen atoms in total. The van der Waals surface area contributed by atoms with Crippen LogP contribution in [-0.4, -0.2) is 28.5 Å². The molecule has 76 valence electrons. The van der Waals surface area contributed by atoms with Gasteiger partial charge in [-0.05, 0) is 6.08 Å². The molecule has 0 bridgehead atoms. The number of hydrogen-bond acceptors (Lipinski definition) is 3. The fraction of sp³-hybridized carbons (Fsp3) is 0.333. The molecule has 0 aliphatic heterocycles. The van der Waals surface area contributed by atoms with Crippen LogP contribution in [0.1, 0.15) is 16.3 Å². The van der Waals surface area contributed by atoms with Crippen LogP contribution in [0.25, 0.3) is 6.08 Å². The van der Waals surface area contributed by atoms with Gasteiger partial charge >= 0.3 is 5.97 Å². The average molecular weight is 215 g/mol. The lowest BCUT2D eigenvalue weighted by Crippen LogP contribution is -2.08. The Morgan fingerprint density at radius 2 is 2.50 bits per heavy atom. The molecule has 0 atom stereocenters. The van der Waals surface area contributed by atoms with E-state index in [0.29, 0.717) is 11.6 Å². The number of methoxy groups -OCH3 is 1. The van der Waals surface area contributed by atoms with Crippen molar-refractivity contribution in [3.8, 4) is 0 Å². The minimum atomic E-state index is -0.446. The third-order valence-corrected chi connectivity index (χ3v) is 1.82. The standard InChI is InChI=1S/C9H11ClN2O2/c1-12-6-7(4-3-5-10)11-8(12)9(13)14-2/h3-4,6H,5H2,1-2H3. The van der Waals surface area contributed by atoms with Gasteiger partial charge in [0.1, 0.15) is 0 Å². The Balaban J connectivity index is 2.93. The molecule has 0 saturated heterocycles. The van der Waals surface area contributed by atoms with Gasteiger partial charge in [0.25, 0.3) is 0 Å². The maximum atomic E-state index is 11.2. The number of rotatable bonds is 3. The lowest BCUT2D eigenvalue weighted by atomic mass is 10.4. The molecule has 14 heavy (non-hydrogen) atoms. The summed E-state index contributed by atoms with van der Waals surface area (Å²) in [6.45, 7) is 0. The van der Waals surface area contributed by atoms with E-state index >= 15 is 0 Å². The number of aryl methyl sites for hydroxylation is 1. The van der Waals surface area contributed by atoms with E-state index in [1.54, 1.807) is 30.0 Å². The predicted octanol–water partition coefficient (Wildman–Crippen LogP) is 1.46. The van der Waals surface area contributed by atoms with Gasteiger partial charge in [0.05, 0.1) is 12.8 Å². The number of aromatic nitrogens is 2. The summed E-state index contributed by atoms with van der Waals surface area (Å²) in [4.78, 5) is 15.2. The van der Waals surface area contributed by atoms with E-state index in [9.17, 15) is 4.79 Å². The lowest BCUT2D eigenvalue weighted by Gasteiger charge is -1.96. The molecule has 1 aromatic rings. The van der Waals surface area contributed by atoms with Crippen LogP contribution in [0.4, 0.5) is 0 Å². The quantitative estimate of drug-likeness (QED) is 0.565. The Hall–Kier alpha value is -1.29. The second kappa shape index (κ2) is 4.81. The van der Waals surface area contributed by atoms with Crippen LogP contribution in [0.5, 0.6) is 0 Å². The molecule has 1 rings (SSSR count). The average Bonchev–Trinajstić information content (AvgIpc) is 2.55. The summed E-state index contributed by atoms with van der Waals surface area (Å²) in [5.74, 6) is 0.254. The maximum absolute atomic E-state index is 11.2. The molecule has 0 N–H and O–H groups in total. The van der Waals surface area contributed by atoms with Crippen molar-refractivity contribution in [2.24, 2.45) is 7.05 Å². The summed E-state index contributed by atoms with van der Waals surface area (Å²) < 4.78 is 6.17. The van der Waals surface area contributed by atoms with E-state index in [-0.39, 0.29) is 5.82 Å². The fourth-order valence-electron chi connectivity index (χ4n) is 1.02. The monoisotopic (exact) mass is 214 g/mol. The van der Waals surface area contributed by atoms with Gasteiger partial charge in [-0.1, -0.05) is 6.08 Å². The van der Waals surface area contributed by atoms with Crippen molar-refractivity contribution in [1.29, 1.82) is 0 Å². The van der Waals surface area contributed by atoms with Crippen LogP contribution in [0, 0.1) is 0 Å². The third kappa shape index (κ3) is 2.35. The van der Waals surface area contributed by atoms with Gasteiger partial charge in [-0.2, -0.15) is 0 Å². The van der Waals surface area contributed by atoms with E-state index in [1.807, 2.05) is 0 Å². The highest BCUT2D eigenvalue weighted by atomic mass is 35.5. The van der Waals surface area contributed by atoms with Crippen LogP contribution in [0.15, 0.2) is 12.3 Å². The number of hydrogen-bond donors (Lipinski definition) is 0. The molecular weight excluding hydrogens is 204 g/mol. The number of carbonyl (C=O) groups is 1. The van der Waals surface area contributed by atoms with E-state index < -0.39 is 5.97 Å². The van der Waals surface area contributed by atoms with E-state index in [2.05, 4.69) is 9.72 Å². The zero-order chi connectivity index (χ0) is 10.6. The van der Waals surface area contributed by atoms with Gasteiger partial charge in [-0.25, -0.2) is 9.78 Å². The second-order valence-electron chi connectivity index (χ2n) is 2.65.